The summed E-state index contributed by atoms with van der Waals surface area (Å²) in [5, 5.41) is 0.0837. The minimum Gasteiger partial charge on any atom is -0.378 e. The van der Waals surface area contributed by atoms with Crippen molar-refractivity contribution in [2.45, 2.75) is 44.0 Å². The van der Waals surface area contributed by atoms with Gasteiger partial charge >= 0.3 is 12.4 Å². The molecule has 0 N–H and O–H groups in total. The van der Waals surface area contributed by atoms with Gasteiger partial charge in [0.15, 0.2) is 5.65 Å². The molecule has 4 fully saturated rings. The van der Waals surface area contributed by atoms with Crippen LogP contribution in [-0.2, 0) is 16.3 Å². The monoisotopic (exact) mass is 432 g/mol. The van der Waals surface area contributed by atoms with E-state index in [-0.39, 0.29) is 47.6 Å². The number of alkyl halides is 6. The average Bonchev–Trinajstić information content (AvgIpc) is 2.57. The second-order valence-electron chi connectivity index (χ2n) is 8.55. The van der Waals surface area contributed by atoms with Gasteiger partial charge in [-0.25, -0.2) is 9.97 Å². The lowest BCUT2D eigenvalue weighted by atomic mass is 9.33. The van der Waals surface area contributed by atoms with Crippen molar-refractivity contribution < 1.29 is 31.1 Å². The molecule has 0 radical (unpaired) electrons. The van der Waals surface area contributed by atoms with Gasteiger partial charge in [0.1, 0.15) is 0 Å². The molecule has 0 amide bonds. The summed E-state index contributed by atoms with van der Waals surface area (Å²) in [5.74, 6) is 0.276. The van der Waals surface area contributed by atoms with E-state index in [9.17, 15) is 26.3 Å². The van der Waals surface area contributed by atoms with Crippen molar-refractivity contribution in [2.75, 3.05) is 31.2 Å². The van der Waals surface area contributed by atoms with Crippen molar-refractivity contribution in [1.82, 2.24) is 15.0 Å². The van der Waals surface area contributed by atoms with Gasteiger partial charge in [-0.15, -0.1) is 0 Å². The third kappa shape index (κ3) is 2.70. The Hall–Kier alpha value is -2.17. The number of rotatable bonds is 2. The van der Waals surface area contributed by atoms with E-state index in [1.165, 1.54) is 6.92 Å². The van der Waals surface area contributed by atoms with E-state index in [0.717, 1.165) is 6.07 Å². The van der Waals surface area contributed by atoms with Crippen LogP contribution in [0, 0.1) is 12.3 Å². The van der Waals surface area contributed by atoms with Crippen molar-refractivity contribution in [1.29, 1.82) is 0 Å². The van der Waals surface area contributed by atoms with Gasteiger partial charge < -0.3 is 9.64 Å². The van der Waals surface area contributed by atoms with Gasteiger partial charge in [0.25, 0.3) is 0 Å². The number of aryl methyl sites for hydroxylation is 1. The molecule has 11 heteroatoms. The Kier molecular flexibility index (Phi) is 3.92. The Morgan fingerprint density at radius 3 is 2.17 bits per heavy atom. The van der Waals surface area contributed by atoms with E-state index in [2.05, 4.69) is 15.0 Å². The number of aromatic nitrogens is 3. The van der Waals surface area contributed by atoms with E-state index in [1.807, 2.05) is 4.90 Å². The molecule has 162 valence electrons. The molecule has 2 aromatic heterocycles. The number of hydrogen-bond donors (Lipinski definition) is 0. The number of morpholine rings is 1. The van der Waals surface area contributed by atoms with E-state index in [4.69, 9.17) is 4.74 Å². The fourth-order valence-electron chi connectivity index (χ4n) is 5.07. The molecule has 1 aliphatic heterocycles. The van der Waals surface area contributed by atoms with Gasteiger partial charge in [-0.05, 0) is 32.3 Å². The minimum absolute atomic E-state index is 0.0813. The van der Waals surface area contributed by atoms with Crippen LogP contribution in [0.1, 0.15) is 36.2 Å². The van der Waals surface area contributed by atoms with Crippen LogP contribution in [0.15, 0.2) is 6.07 Å². The van der Waals surface area contributed by atoms with Gasteiger partial charge in [-0.1, -0.05) is 0 Å². The first-order valence-corrected chi connectivity index (χ1v) is 9.61. The smallest absolute Gasteiger partial charge is 0.378 e. The number of anilines is 1. The largest absolute Gasteiger partial charge is 0.418 e. The first-order chi connectivity index (χ1) is 13.9. The fourth-order valence-corrected chi connectivity index (χ4v) is 5.07. The number of hydrogen-bond acceptors (Lipinski definition) is 5. The van der Waals surface area contributed by atoms with E-state index >= 15 is 0 Å². The summed E-state index contributed by atoms with van der Waals surface area (Å²) >= 11 is 0. The molecule has 3 saturated carbocycles. The lowest BCUT2D eigenvalue weighted by molar-refractivity contribution is -0.337. The van der Waals surface area contributed by atoms with Crippen LogP contribution in [0.4, 0.5) is 32.3 Å². The Labute approximate surface area is 167 Å². The van der Waals surface area contributed by atoms with Gasteiger partial charge in [0.2, 0.25) is 5.95 Å². The summed E-state index contributed by atoms with van der Waals surface area (Å²) < 4.78 is 85.7. The van der Waals surface area contributed by atoms with Gasteiger partial charge in [-0.3, -0.25) is 0 Å². The van der Waals surface area contributed by atoms with E-state index in [0.29, 0.717) is 26.3 Å². The highest BCUT2D eigenvalue weighted by Gasteiger charge is 2.79. The van der Waals surface area contributed by atoms with Gasteiger partial charge in [0.05, 0.1) is 35.6 Å². The number of halogens is 6. The molecule has 30 heavy (non-hydrogen) atoms. The number of nitrogens with zero attached hydrogens (tertiary/aromatic N) is 4. The molecule has 0 atom stereocenters. The van der Waals surface area contributed by atoms with E-state index < -0.39 is 28.7 Å². The lowest BCUT2D eigenvalue weighted by Crippen LogP contribution is -2.70. The Balaban J connectivity index is 1.65. The molecule has 5 nitrogen and oxygen atoms in total. The van der Waals surface area contributed by atoms with Crippen LogP contribution in [0.25, 0.3) is 11.0 Å². The molecule has 2 aromatic rings. The summed E-state index contributed by atoms with van der Waals surface area (Å²) in [5.41, 5.74) is -3.43. The van der Waals surface area contributed by atoms with Crippen LogP contribution < -0.4 is 4.90 Å². The number of ether oxygens (including phenoxy) is 1. The first kappa shape index (κ1) is 19.8. The van der Waals surface area contributed by atoms with Gasteiger partial charge in [0, 0.05) is 23.9 Å². The first-order valence-electron chi connectivity index (χ1n) is 9.61. The molecule has 3 heterocycles. The predicted octanol–water partition coefficient (Wildman–Crippen LogP) is 4.17. The van der Waals surface area contributed by atoms with E-state index in [1.54, 1.807) is 0 Å². The quantitative estimate of drug-likeness (QED) is 0.667. The van der Waals surface area contributed by atoms with Crippen molar-refractivity contribution in [3.63, 3.8) is 0 Å². The summed E-state index contributed by atoms with van der Waals surface area (Å²) in [4.78, 5) is 14.8. The standard InChI is InChI=1S/C19H18F6N4O/c1-10-12(18(20,21)22)6-11-13(16-7-17(8-16,9-16)19(23,24)25)27-15(28-14(11)26-10)29-2-4-30-5-3-29/h6H,2-5,7-9H2,1H3. The molecule has 0 spiro atoms. The normalized spacial score (nSPS) is 29.0. The summed E-state index contributed by atoms with van der Waals surface area (Å²) in [6.07, 6.45) is -9.43. The molecule has 2 bridgehead atoms. The third-order valence-corrected chi connectivity index (χ3v) is 6.60. The maximum absolute atomic E-state index is 13.4. The van der Waals surface area contributed by atoms with Crippen LogP contribution in [0.5, 0.6) is 0 Å². The third-order valence-electron chi connectivity index (χ3n) is 6.60. The lowest BCUT2D eigenvalue weighted by Gasteiger charge is -2.70. The SMILES string of the molecule is Cc1nc2nc(N3CCOCC3)nc(C34CC(C(F)(F)F)(C3)C4)c2cc1C(F)(F)F. The minimum atomic E-state index is -4.63. The van der Waals surface area contributed by atoms with Crippen molar-refractivity contribution in [3.05, 3.63) is 23.0 Å². The van der Waals surface area contributed by atoms with Crippen LogP contribution in [-0.4, -0.2) is 47.4 Å². The zero-order valence-electron chi connectivity index (χ0n) is 16.0. The highest BCUT2D eigenvalue weighted by Crippen LogP contribution is 2.78. The Morgan fingerprint density at radius 2 is 1.60 bits per heavy atom. The zero-order valence-corrected chi connectivity index (χ0v) is 16.0. The van der Waals surface area contributed by atoms with Crippen molar-refractivity contribution >= 4 is 17.0 Å². The summed E-state index contributed by atoms with van der Waals surface area (Å²) in [6.45, 7) is 3.11. The number of fused-ring (bicyclic) bond motifs is 1. The summed E-state index contributed by atoms with van der Waals surface area (Å²) in [6, 6.07) is 0.941. The Bertz CT molecular complexity index is 1010. The number of pyridine rings is 1. The predicted molar refractivity (Wildman–Crippen MR) is 94.1 cm³/mol. The van der Waals surface area contributed by atoms with Crippen LogP contribution >= 0.6 is 0 Å². The summed E-state index contributed by atoms with van der Waals surface area (Å²) in [7, 11) is 0. The highest BCUT2D eigenvalue weighted by atomic mass is 19.4. The van der Waals surface area contributed by atoms with Gasteiger partial charge in [-0.2, -0.15) is 31.3 Å². The van der Waals surface area contributed by atoms with Crippen molar-refractivity contribution in [2.24, 2.45) is 5.41 Å². The molecule has 4 aliphatic rings. The second kappa shape index (κ2) is 5.95. The molecular formula is C19H18F6N4O. The highest BCUT2D eigenvalue weighted by molar-refractivity contribution is 5.82. The maximum Gasteiger partial charge on any atom is 0.418 e. The molecular weight excluding hydrogens is 414 g/mol. The van der Waals surface area contributed by atoms with Crippen LogP contribution in [0.2, 0.25) is 0 Å². The van der Waals surface area contributed by atoms with Crippen LogP contribution in [0.3, 0.4) is 0 Å². The molecule has 6 rings (SSSR count). The second-order valence-corrected chi connectivity index (χ2v) is 8.55. The molecule has 3 aliphatic carbocycles. The topological polar surface area (TPSA) is 51.1 Å². The average molecular weight is 432 g/mol. The molecule has 0 unspecified atom stereocenters. The molecule has 0 aromatic carbocycles. The Morgan fingerprint density at radius 1 is 0.967 bits per heavy atom. The zero-order chi connectivity index (χ0) is 21.5. The molecule has 1 saturated heterocycles. The maximum atomic E-state index is 13.4. The fraction of sp³-hybridized carbons (Fsp3) is 0.632. The van der Waals surface area contributed by atoms with Crippen molar-refractivity contribution in [3.8, 4) is 0 Å².